The number of nitrogens with zero attached hydrogens (tertiary/aromatic N) is 2. The van der Waals surface area contributed by atoms with Gasteiger partial charge in [0.25, 0.3) is 0 Å². The summed E-state index contributed by atoms with van der Waals surface area (Å²) in [7, 11) is 0. The number of amides is 1. The van der Waals surface area contributed by atoms with Crippen molar-refractivity contribution in [3.05, 3.63) is 46.7 Å². The van der Waals surface area contributed by atoms with E-state index in [0.29, 0.717) is 5.69 Å². The maximum absolute atomic E-state index is 12.6. The molecule has 1 aromatic heterocycles. The van der Waals surface area contributed by atoms with Crippen molar-refractivity contribution in [3.63, 3.8) is 0 Å². The summed E-state index contributed by atoms with van der Waals surface area (Å²) in [6, 6.07) is 7.74. The highest BCUT2D eigenvalue weighted by Crippen LogP contribution is 2.29. The molecule has 0 saturated carbocycles. The second-order valence-electron chi connectivity index (χ2n) is 4.48. The van der Waals surface area contributed by atoms with Crippen LogP contribution in [0.4, 0.5) is 18.9 Å². The fourth-order valence-corrected chi connectivity index (χ4v) is 2.56. The summed E-state index contributed by atoms with van der Waals surface area (Å²) in [4.78, 5) is 19.2. The van der Waals surface area contributed by atoms with Gasteiger partial charge in [0, 0.05) is 16.4 Å². The number of aromatic nitrogens is 2. The number of halogens is 4. The van der Waals surface area contributed by atoms with E-state index in [1.54, 1.807) is 31.2 Å². The molecular formula is C14H11BrF3N3OS. The van der Waals surface area contributed by atoms with E-state index in [0.717, 1.165) is 28.5 Å². The molecule has 0 aliphatic carbocycles. The molecule has 4 nitrogen and oxygen atoms in total. The van der Waals surface area contributed by atoms with E-state index in [2.05, 4.69) is 31.2 Å². The number of benzene rings is 1. The molecule has 1 N–H and O–H groups in total. The monoisotopic (exact) mass is 405 g/mol. The molecule has 0 aliphatic heterocycles. The highest BCUT2D eigenvalue weighted by Gasteiger charge is 2.33. The van der Waals surface area contributed by atoms with Crippen molar-refractivity contribution in [3.8, 4) is 0 Å². The van der Waals surface area contributed by atoms with Gasteiger partial charge in [0.1, 0.15) is 5.69 Å². The van der Waals surface area contributed by atoms with Crippen LogP contribution >= 0.6 is 27.7 Å². The molecule has 1 atom stereocenters. The lowest BCUT2D eigenvalue weighted by atomic mass is 10.3. The van der Waals surface area contributed by atoms with Crippen LogP contribution in [0.25, 0.3) is 0 Å². The van der Waals surface area contributed by atoms with Gasteiger partial charge in [-0.2, -0.15) is 13.2 Å². The minimum atomic E-state index is -4.54. The van der Waals surface area contributed by atoms with Crippen molar-refractivity contribution in [2.45, 2.75) is 23.5 Å². The van der Waals surface area contributed by atoms with Crippen molar-refractivity contribution in [2.75, 3.05) is 5.32 Å². The summed E-state index contributed by atoms with van der Waals surface area (Å²) in [5.41, 5.74) is -0.439. The number of hydrogen-bond acceptors (Lipinski definition) is 4. The third-order valence-electron chi connectivity index (χ3n) is 2.69. The van der Waals surface area contributed by atoms with E-state index >= 15 is 0 Å². The van der Waals surface area contributed by atoms with Gasteiger partial charge in [-0.3, -0.25) is 4.79 Å². The van der Waals surface area contributed by atoms with Gasteiger partial charge < -0.3 is 5.32 Å². The third kappa shape index (κ3) is 5.21. The zero-order valence-electron chi connectivity index (χ0n) is 11.8. The third-order valence-corrected chi connectivity index (χ3v) is 4.19. The highest BCUT2D eigenvalue weighted by molar-refractivity contribution is 9.10. The zero-order chi connectivity index (χ0) is 17.0. The number of anilines is 1. The Labute approximate surface area is 143 Å². The SMILES string of the molecule is CC(Sc1nccc(C(F)(F)F)n1)C(=O)Nc1ccc(Br)cc1. The Morgan fingerprint density at radius 3 is 2.52 bits per heavy atom. The van der Waals surface area contributed by atoms with Crippen LogP contribution in [0.3, 0.4) is 0 Å². The molecule has 0 saturated heterocycles. The molecule has 23 heavy (non-hydrogen) atoms. The van der Waals surface area contributed by atoms with Crippen LogP contribution in [0.2, 0.25) is 0 Å². The number of hydrogen-bond donors (Lipinski definition) is 1. The minimum Gasteiger partial charge on any atom is -0.325 e. The normalized spacial score (nSPS) is 12.7. The fourth-order valence-electron chi connectivity index (χ4n) is 1.54. The van der Waals surface area contributed by atoms with Crippen molar-refractivity contribution >= 4 is 39.3 Å². The van der Waals surface area contributed by atoms with Crippen LogP contribution in [0.15, 0.2) is 46.2 Å². The van der Waals surface area contributed by atoms with Gasteiger partial charge in [0.15, 0.2) is 5.16 Å². The lowest BCUT2D eigenvalue weighted by Gasteiger charge is -2.12. The second-order valence-corrected chi connectivity index (χ2v) is 6.70. The highest BCUT2D eigenvalue weighted by atomic mass is 79.9. The van der Waals surface area contributed by atoms with Gasteiger partial charge in [-0.05, 0) is 37.3 Å². The van der Waals surface area contributed by atoms with Crippen LogP contribution < -0.4 is 5.32 Å². The predicted octanol–water partition coefficient (Wildman–Crippen LogP) is 4.38. The molecule has 0 aliphatic rings. The van der Waals surface area contributed by atoms with Gasteiger partial charge in [-0.1, -0.05) is 27.7 Å². The molecule has 1 heterocycles. The molecule has 0 radical (unpaired) electrons. The van der Waals surface area contributed by atoms with Crippen molar-refractivity contribution in [2.24, 2.45) is 0 Å². The summed E-state index contributed by atoms with van der Waals surface area (Å²) in [6.07, 6.45) is -3.52. The Morgan fingerprint density at radius 1 is 1.26 bits per heavy atom. The first-order valence-corrected chi connectivity index (χ1v) is 8.06. The summed E-state index contributed by atoms with van der Waals surface area (Å²) in [6.45, 7) is 1.57. The molecule has 2 rings (SSSR count). The molecule has 1 unspecified atom stereocenters. The second kappa shape index (κ2) is 7.31. The zero-order valence-corrected chi connectivity index (χ0v) is 14.2. The Hall–Kier alpha value is -1.61. The summed E-state index contributed by atoms with van der Waals surface area (Å²) < 4.78 is 38.7. The van der Waals surface area contributed by atoms with Gasteiger partial charge in [0.05, 0.1) is 5.25 Å². The van der Waals surface area contributed by atoms with Gasteiger partial charge in [0.2, 0.25) is 5.91 Å². The maximum Gasteiger partial charge on any atom is 0.433 e. The van der Waals surface area contributed by atoms with Crippen molar-refractivity contribution in [1.82, 2.24) is 9.97 Å². The topological polar surface area (TPSA) is 54.9 Å². The van der Waals surface area contributed by atoms with Crippen LogP contribution in [0, 0.1) is 0 Å². The number of alkyl halides is 3. The van der Waals surface area contributed by atoms with Gasteiger partial charge in [-0.25, -0.2) is 9.97 Å². The molecule has 122 valence electrons. The molecule has 9 heteroatoms. The predicted molar refractivity (Wildman–Crippen MR) is 85.1 cm³/mol. The Bertz CT molecular complexity index is 694. The number of rotatable bonds is 4. The summed E-state index contributed by atoms with van der Waals surface area (Å²) in [5.74, 6) is -0.349. The average molecular weight is 406 g/mol. The first-order chi connectivity index (χ1) is 10.8. The fraction of sp³-hybridized carbons (Fsp3) is 0.214. The van der Waals surface area contributed by atoms with Gasteiger partial charge in [-0.15, -0.1) is 0 Å². The maximum atomic E-state index is 12.6. The van der Waals surface area contributed by atoms with E-state index in [-0.39, 0.29) is 11.1 Å². The Balaban J connectivity index is 2.02. The average Bonchev–Trinajstić information content (AvgIpc) is 2.49. The van der Waals surface area contributed by atoms with Crippen LogP contribution in [0.5, 0.6) is 0 Å². The number of thioether (sulfide) groups is 1. The van der Waals surface area contributed by atoms with E-state index < -0.39 is 17.1 Å². The quantitative estimate of drug-likeness (QED) is 0.605. The molecule has 2 aromatic rings. The number of carbonyl (C=O) groups is 1. The first-order valence-electron chi connectivity index (χ1n) is 6.39. The van der Waals surface area contributed by atoms with E-state index in [1.807, 2.05) is 0 Å². The van der Waals surface area contributed by atoms with E-state index in [9.17, 15) is 18.0 Å². The lowest BCUT2D eigenvalue weighted by molar-refractivity contribution is -0.141. The van der Waals surface area contributed by atoms with Crippen molar-refractivity contribution < 1.29 is 18.0 Å². The van der Waals surface area contributed by atoms with Crippen LogP contribution in [0.1, 0.15) is 12.6 Å². The minimum absolute atomic E-state index is 0.0988. The standard InChI is InChI=1S/C14H11BrF3N3OS/c1-8(12(22)20-10-4-2-9(15)3-5-10)23-13-19-7-6-11(21-13)14(16,17)18/h2-8H,1H3,(H,20,22). The molecule has 0 fully saturated rings. The molecule has 1 aromatic carbocycles. The lowest BCUT2D eigenvalue weighted by Crippen LogP contribution is -2.22. The molecule has 0 bridgehead atoms. The molecular weight excluding hydrogens is 395 g/mol. The van der Waals surface area contributed by atoms with Crippen LogP contribution in [-0.2, 0) is 11.0 Å². The largest absolute Gasteiger partial charge is 0.433 e. The van der Waals surface area contributed by atoms with Gasteiger partial charge >= 0.3 is 6.18 Å². The number of nitrogens with one attached hydrogen (secondary N) is 1. The molecule has 0 spiro atoms. The first kappa shape index (κ1) is 17.7. The van der Waals surface area contributed by atoms with Crippen molar-refractivity contribution in [1.29, 1.82) is 0 Å². The molecule has 1 amide bonds. The Kier molecular flexibility index (Phi) is 5.64. The summed E-state index contributed by atoms with van der Waals surface area (Å²) in [5, 5.41) is 1.93. The van der Waals surface area contributed by atoms with E-state index in [4.69, 9.17) is 0 Å². The Morgan fingerprint density at radius 2 is 1.91 bits per heavy atom. The van der Waals surface area contributed by atoms with Crippen LogP contribution in [-0.4, -0.2) is 21.1 Å². The van der Waals surface area contributed by atoms with E-state index in [1.165, 1.54) is 0 Å². The summed E-state index contributed by atoms with van der Waals surface area (Å²) >= 11 is 4.14. The number of carbonyl (C=O) groups excluding carboxylic acids is 1. The smallest absolute Gasteiger partial charge is 0.325 e.